The Morgan fingerprint density at radius 2 is 2.09 bits per heavy atom. The molecular formula is C12H18N4O6. The molecule has 122 valence electrons. The average molecular weight is 314 g/mol. The number of alkyl carbamates (subject to hydrolysis) is 1. The van der Waals surface area contributed by atoms with Gasteiger partial charge in [-0.3, -0.25) is 14.8 Å². The molecule has 0 saturated carbocycles. The summed E-state index contributed by atoms with van der Waals surface area (Å²) < 4.78 is 10.6. The molecule has 22 heavy (non-hydrogen) atoms. The van der Waals surface area contributed by atoms with Crippen molar-refractivity contribution < 1.29 is 24.0 Å². The maximum Gasteiger partial charge on any atom is 0.407 e. The lowest BCUT2D eigenvalue weighted by atomic mass is 10.2. The third-order valence-corrected chi connectivity index (χ3v) is 2.33. The Morgan fingerprint density at radius 3 is 2.59 bits per heavy atom. The topological polar surface area (TPSA) is 126 Å². The van der Waals surface area contributed by atoms with Crippen LogP contribution in [0.15, 0.2) is 6.20 Å². The molecule has 0 unspecified atom stereocenters. The van der Waals surface area contributed by atoms with Crippen molar-refractivity contribution in [1.82, 2.24) is 15.1 Å². The largest absolute Gasteiger partial charge is 0.464 e. The maximum atomic E-state index is 11.4. The van der Waals surface area contributed by atoms with Gasteiger partial charge < -0.3 is 14.8 Å². The van der Waals surface area contributed by atoms with Gasteiger partial charge in [-0.25, -0.2) is 9.59 Å². The number of hydrogen-bond donors (Lipinski definition) is 1. The molecule has 1 aromatic rings. The lowest BCUT2D eigenvalue weighted by molar-refractivity contribution is -0.385. The van der Waals surface area contributed by atoms with Crippen LogP contribution >= 0.6 is 0 Å². The van der Waals surface area contributed by atoms with Gasteiger partial charge in [0.25, 0.3) is 0 Å². The first-order valence-electron chi connectivity index (χ1n) is 6.41. The number of carbonyl (C=O) groups excluding carboxylic acids is 2. The van der Waals surface area contributed by atoms with Gasteiger partial charge in [0.05, 0.1) is 18.6 Å². The summed E-state index contributed by atoms with van der Waals surface area (Å²) >= 11 is 0. The summed E-state index contributed by atoms with van der Waals surface area (Å²) in [6, 6.07) is 0. The number of nitro groups is 1. The standard InChI is InChI=1S/C12H18N4O6/c1-12(2,3)22-11(18)13-5-6-15-7-8(16(19)20)9(14-15)10(17)21-4/h7H,5-6H2,1-4H3,(H,13,18). The second kappa shape index (κ2) is 6.87. The fourth-order valence-electron chi connectivity index (χ4n) is 1.49. The Kier molecular flexibility index (Phi) is 5.44. The molecule has 0 bridgehead atoms. The van der Waals surface area contributed by atoms with Crippen LogP contribution in [0.2, 0.25) is 0 Å². The van der Waals surface area contributed by atoms with Crippen LogP contribution in [0.1, 0.15) is 31.3 Å². The van der Waals surface area contributed by atoms with Gasteiger partial charge in [-0.15, -0.1) is 0 Å². The summed E-state index contributed by atoms with van der Waals surface area (Å²) in [5.41, 5.74) is -1.46. The zero-order valence-electron chi connectivity index (χ0n) is 12.8. The van der Waals surface area contributed by atoms with E-state index in [0.717, 1.165) is 13.3 Å². The van der Waals surface area contributed by atoms with Crippen LogP contribution in [0.5, 0.6) is 0 Å². The van der Waals surface area contributed by atoms with Gasteiger partial charge in [0, 0.05) is 6.54 Å². The van der Waals surface area contributed by atoms with Crippen LogP contribution in [-0.2, 0) is 16.0 Å². The van der Waals surface area contributed by atoms with Crippen LogP contribution < -0.4 is 5.32 Å². The monoisotopic (exact) mass is 314 g/mol. The highest BCUT2D eigenvalue weighted by atomic mass is 16.6. The van der Waals surface area contributed by atoms with Crippen molar-refractivity contribution in [3.05, 3.63) is 22.0 Å². The molecule has 0 radical (unpaired) electrons. The number of nitrogens with zero attached hydrogens (tertiary/aromatic N) is 3. The van der Waals surface area contributed by atoms with Gasteiger partial charge in [0.15, 0.2) is 0 Å². The molecule has 0 spiro atoms. The fraction of sp³-hybridized carbons (Fsp3) is 0.583. The van der Waals surface area contributed by atoms with E-state index >= 15 is 0 Å². The Bertz CT molecular complexity index is 575. The van der Waals surface area contributed by atoms with E-state index in [9.17, 15) is 19.7 Å². The van der Waals surface area contributed by atoms with E-state index in [2.05, 4.69) is 15.2 Å². The first-order chi connectivity index (χ1) is 10.1. The van der Waals surface area contributed by atoms with Crippen molar-refractivity contribution in [1.29, 1.82) is 0 Å². The number of aromatic nitrogens is 2. The number of rotatable bonds is 5. The molecule has 1 aromatic heterocycles. The van der Waals surface area contributed by atoms with Gasteiger partial charge in [-0.1, -0.05) is 0 Å². The Morgan fingerprint density at radius 1 is 1.45 bits per heavy atom. The summed E-state index contributed by atoms with van der Waals surface area (Å²) in [4.78, 5) is 33.0. The van der Waals surface area contributed by atoms with Crippen LogP contribution in [0, 0.1) is 10.1 Å². The first kappa shape index (κ1) is 17.4. The summed E-state index contributed by atoms with van der Waals surface area (Å²) in [7, 11) is 1.11. The zero-order valence-corrected chi connectivity index (χ0v) is 12.8. The second-order valence-electron chi connectivity index (χ2n) is 5.30. The molecule has 10 heteroatoms. The van der Waals surface area contributed by atoms with E-state index in [0.29, 0.717) is 0 Å². The summed E-state index contributed by atoms with van der Waals surface area (Å²) in [6.07, 6.45) is 0.491. The number of methoxy groups -OCH3 is 1. The number of amides is 1. The third-order valence-electron chi connectivity index (χ3n) is 2.33. The third kappa shape index (κ3) is 5.04. The lowest BCUT2D eigenvalue weighted by Crippen LogP contribution is -2.34. The summed E-state index contributed by atoms with van der Waals surface area (Å²) in [5, 5.41) is 17.1. The van der Waals surface area contributed by atoms with E-state index in [1.165, 1.54) is 4.68 Å². The molecule has 1 rings (SSSR count). The zero-order chi connectivity index (χ0) is 16.9. The Hall–Kier alpha value is -2.65. The van der Waals surface area contributed by atoms with Crippen LogP contribution in [0.3, 0.4) is 0 Å². The van der Waals surface area contributed by atoms with Crippen molar-refractivity contribution in [3.63, 3.8) is 0 Å². The van der Waals surface area contributed by atoms with Gasteiger partial charge in [0.2, 0.25) is 5.69 Å². The minimum Gasteiger partial charge on any atom is -0.464 e. The predicted molar refractivity (Wildman–Crippen MR) is 74.5 cm³/mol. The van der Waals surface area contributed by atoms with Crippen LogP contribution in [0.25, 0.3) is 0 Å². The second-order valence-corrected chi connectivity index (χ2v) is 5.30. The van der Waals surface area contributed by atoms with Crippen molar-refractivity contribution in [2.45, 2.75) is 32.9 Å². The molecule has 0 aliphatic heterocycles. The van der Waals surface area contributed by atoms with Gasteiger partial charge in [-0.05, 0) is 20.8 Å². The highest BCUT2D eigenvalue weighted by molar-refractivity contribution is 5.91. The number of esters is 1. The molecule has 0 aromatic carbocycles. The number of carbonyl (C=O) groups is 2. The Balaban J connectivity index is 2.66. The normalized spacial score (nSPS) is 10.9. The molecular weight excluding hydrogens is 296 g/mol. The van der Waals surface area contributed by atoms with Crippen molar-refractivity contribution in [3.8, 4) is 0 Å². The molecule has 0 saturated heterocycles. The number of ether oxygens (including phenoxy) is 2. The van der Waals surface area contributed by atoms with Crippen LogP contribution in [0.4, 0.5) is 10.5 Å². The van der Waals surface area contributed by atoms with E-state index in [-0.39, 0.29) is 18.8 Å². The molecule has 1 N–H and O–H groups in total. The highest BCUT2D eigenvalue weighted by Crippen LogP contribution is 2.17. The van der Waals surface area contributed by atoms with Gasteiger partial charge in [-0.2, -0.15) is 5.10 Å². The molecule has 1 heterocycles. The SMILES string of the molecule is COC(=O)c1nn(CCNC(=O)OC(C)(C)C)cc1[N+](=O)[O-]. The van der Waals surface area contributed by atoms with Gasteiger partial charge >= 0.3 is 17.7 Å². The van der Waals surface area contributed by atoms with Crippen molar-refractivity contribution in [2.24, 2.45) is 0 Å². The van der Waals surface area contributed by atoms with E-state index < -0.39 is 28.3 Å². The first-order valence-corrected chi connectivity index (χ1v) is 6.41. The predicted octanol–water partition coefficient (Wildman–Crippen LogP) is 1.10. The quantitative estimate of drug-likeness (QED) is 0.490. The molecule has 1 amide bonds. The maximum absolute atomic E-state index is 11.4. The lowest BCUT2D eigenvalue weighted by Gasteiger charge is -2.19. The van der Waals surface area contributed by atoms with E-state index in [1.54, 1.807) is 20.8 Å². The summed E-state index contributed by atoms with van der Waals surface area (Å²) in [5.74, 6) is -0.898. The Labute approximate surface area is 126 Å². The van der Waals surface area contributed by atoms with E-state index in [4.69, 9.17) is 4.74 Å². The van der Waals surface area contributed by atoms with Crippen LogP contribution in [-0.4, -0.2) is 46.0 Å². The minimum absolute atomic E-state index is 0.133. The van der Waals surface area contributed by atoms with Crippen molar-refractivity contribution >= 4 is 17.7 Å². The molecule has 0 aliphatic carbocycles. The van der Waals surface area contributed by atoms with E-state index in [1.807, 2.05) is 0 Å². The van der Waals surface area contributed by atoms with Gasteiger partial charge in [0.1, 0.15) is 11.8 Å². The molecule has 0 atom stereocenters. The molecule has 10 nitrogen and oxygen atoms in total. The highest BCUT2D eigenvalue weighted by Gasteiger charge is 2.26. The molecule has 0 aliphatic rings. The average Bonchev–Trinajstić information content (AvgIpc) is 2.80. The molecule has 0 fully saturated rings. The number of nitrogens with one attached hydrogen (secondary N) is 1. The fourth-order valence-corrected chi connectivity index (χ4v) is 1.49. The summed E-state index contributed by atoms with van der Waals surface area (Å²) in [6.45, 7) is 5.45. The minimum atomic E-state index is -0.898. The smallest absolute Gasteiger partial charge is 0.407 e. The number of hydrogen-bond acceptors (Lipinski definition) is 7. The van der Waals surface area contributed by atoms with Crippen molar-refractivity contribution in [2.75, 3.05) is 13.7 Å².